The fourth-order valence-electron chi connectivity index (χ4n) is 1.15. The molecule has 16 heavy (non-hydrogen) atoms. The van der Waals surface area contributed by atoms with Crippen LogP contribution >= 0.6 is 0 Å². The minimum atomic E-state index is -0.620. The summed E-state index contributed by atoms with van der Waals surface area (Å²) in [6.07, 6.45) is -0.0275. The molecule has 1 unspecified atom stereocenters. The molecule has 0 saturated carbocycles. The van der Waals surface area contributed by atoms with Crippen LogP contribution in [0.4, 0.5) is 5.69 Å². The molecule has 0 bridgehead atoms. The normalized spacial score (nSPS) is 11.2. The fourth-order valence-corrected chi connectivity index (χ4v) is 1.15. The zero-order valence-corrected chi connectivity index (χ0v) is 9.45. The van der Waals surface area contributed by atoms with Crippen molar-refractivity contribution in [3.8, 4) is 11.8 Å². The van der Waals surface area contributed by atoms with Crippen LogP contribution in [0.3, 0.4) is 0 Å². The SMILES string of the molecule is CCC(O)C#Cc1ccccc1NC(C)=O. The Kier molecular flexibility index (Phi) is 4.56. The predicted molar refractivity (Wildman–Crippen MR) is 63.9 cm³/mol. The molecule has 1 aromatic rings. The summed E-state index contributed by atoms with van der Waals surface area (Å²) in [4.78, 5) is 11.0. The van der Waals surface area contributed by atoms with Crippen LogP contribution in [0.2, 0.25) is 0 Å². The summed E-state index contributed by atoms with van der Waals surface area (Å²) in [5, 5.41) is 12.0. The van der Waals surface area contributed by atoms with E-state index in [2.05, 4.69) is 17.2 Å². The number of rotatable bonds is 2. The van der Waals surface area contributed by atoms with E-state index in [0.29, 0.717) is 17.7 Å². The van der Waals surface area contributed by atoms with Gasteiger partial charge in [-0.1, -0.05) is 30.9 Å². The Labute approximate surface area is 95.5 Å². The Morgan fingerprint density at radius 1 is 1.50 bits per heavy atom. The van der Waals surface area contributed by atoms with Crippen molar-refractivity contribution in [1.82, 2.24) is 0 Å². The summed E-state index contributed by atoms with van der Waals surface area (Å²) in [6.45, 7) is 3.31. The second kappa shape index (κ2) is 5.94. The summed E-state index contributed by atoms with van der Waals surface area (Å²) in [5.41, 5.74) is 1.39. The highest BCUT2D eigenvalue weighted by Gasteiger charge is 2.00. The number of aliphatic hydroxyl groups is 1. The molecule has 0 aromatic heterocycles. The van der Waals surface area contributed by atoms with Crippen molar-refractivity contribution in [2.24, 2.45) is 0 Å². The van der Waals surface area contributed by atoms with Crippen LogP contribution in [0, 0.1) is 11.8 Å². The first-order chi connectivity index (χ1) is 7.63. The van der Waals surface area contributed by atoms with Gasteiger partial charge in [-0.25, -0.2) is 0 Å². The number of nitrogens with one attached hydrogen (secondary N) is 1. The van der Waals surface area contributed by atoms with Gasteiger partial charge in [-0.2, -0.15) is 0 Å². The first-order valence-corrected chi connectivity index (χ1v) is 5.19. The van der Waals surface area contributed by atoms with Crippen LogP contribution in [-0.4, -0.2) is 17.1 Å². The van der Waals surface area contributed by atoms with Crippen molar-refractivity contribution in [1.29, 1.82) is 0 Å². The minimum Gasteiger partial charge on any atom is -0.380 e. The fraction of sp³-hybridized carbons (Fsp3) is 0.308. The molecule has 1 rings (SSSR count). The number of hydrogen-bond donors (Lipinski definition) is 2. The lowest BCUT2D eigenvalue weighted by Crippen LogP contribution is -2.07. The molecule has 0 radical (unpaired) electrons. The molecular formula is C13H15NO2. The maximum absolute atomic E-state index is 11.0. The summed E-state index contributed by atoms with van der Waals surface area (Å²) < 4.78 is 0. The number of hydrogen-bond acceptors (Lipinski definition) is 2. The Bertz CT molecular complexity index is 429. The zero-order valence-electron chi connectivity index (χ0n) is 9.45. The second-order valence-corrected chi connectivity index (χ2v) is 3.42. The third-order valence-corrected chi connectivity index (χ3v) is 2.00. The van der Waals surface area contributed by atoms with E-state index in [1.54, 1.807) is 12.1 Å². The minimum absolute atomic E-state index is 0.134. The molecular weight excluding hydrogens is 202 g/mol. The quantitative estimate of drug-likeness (QED) is 0.742. The summed E-state index contributed by atoms with van der Waals surface area (Å²) >= 11 is 0. The van der Waals surface area contributed by atoms with Gasteiger partial charge in [-0.3, -0.25) is 4.79 Å². The molecule has 84 valence electrons. The van der Waals surface area contributed by atoms with Crippen molar-refractivity contribution < 1.29 is 9.90 Å². The average molecular weight is 217 g/mol. The van der Waals surface area contributed by atoms with E-state index in [1.165, 1.54) is 6.92 Å². The van der Waals surface area contributed by atoms with Crippen molar-refractivity contribution in [2.75, 3.05) is 5.32 Å². The van der Waals surface area contributed by atoms with Crippen LogP contribution in [0.25, 0.3) is 0 Å². The maximum atomic E-state index is 11.0. The highest BCUT2D eigenvalue weighted by molar-refractivity contribution is 5.90. The molecule has 0 heterocycles. The Morgan fingerprint density at radius 3 is 2.81 bits per heavy atom. The molecule has 0 spiro atoms. The van der Waals surface area contributed by atoms with Crippen molar-refractivity contribution >= 4 is 11.6 Å². The number of aliphatic hydroxyl groups excluding tert-OH is 1. The smallest absolute Gasteiger partial charge is 0.221 e. The standard InChI is InChI=1S/C13H15NO2/c1-3-12(16)9-8-11-6-4-5-7-13(11)14-10(2)15/h4-7,12,16H,3H2,1-2H3,(H,14,15). The van der Waals surface area contributed by atoms with Gasteiger partial charge in [0.15, 0.2) is 0 Å². The van der Waals surface area contributed by atoms with Crippen molar-refractivity contribution in [2.45, 2.75) is 26.4 Å². The van der Waals surface area contributed by atoms with E-state index < -0.39 is 6.10 Å². The van der Waals surface area contributed by atoms with Gasteiger partial charge in [0.2, 0.25) is 5.91 Å². The number of carbonyl (C=O) groups excluding carboxylic acids is 1. The van der Waals surface area contributed by atoms with Gasteiger partial charge in [0, 0.05) is 12.5 Å². The average Bonchev–Trinajstić information content (AvgIpc) is 2.26. The van der Waals surface area contributed by atoms with Crippen LogP contribution in [0.15, 0.2) is 24.3 Å². The number of amides is 1. The lowest BCUT2D eigenvalue weighted by molar-refractivity contribution is -0.114. The molecule has 1 aromatic carbocycles. The summed E-state index contributed by atoms with van der Waals surface area (Å²) in [6, 6.07) is 7.25. The van der Waals surface area contributed by atoms with E-state index in [0.717, 1.165) is 0 Å². The summed E-state index contributed by atoms with van der Waals surface area (Å²) in [5.74, 6) is 5.44. The predicted octanol–water partition coefficient (Wildman–Crippen LogP) is 1.77. The molecule has 1 atom stereocenters. The Morgan fingerprint density at radius 2 is 2.19 bits per heavy atom. The third-order valence-electron chi connectivity index (χ3n) is 2.00. The maximum Gasteiger partial charge on any atom is 0.221 e. The van der Waals surface area contributed by atoms with Crippen molar-refractivity contribution in [3.05, 3.63) is 29.8 Å². The molecule has 0 aliphatic carbocycles. The highest BCUT2D eigenvalue weighted by Crippen LogP contribution is 2.13. The van der Waals surface area contributed by atoms with E-state index >= 15 is 0 Å². The number of carbonyl (C=O) groups is 1. The number of anilines is 1. The topological polar surface area (TPSA) is 49.3 Å². The van der Waals surface area contributed by atoms with Crippen molar-refractivity contribution in [3.63, 3.8) is 0 Å². The molecule has 0 aliphatic rings. The molecule has 0 aliphatic heterocycles. The monoisotopic (exact) mass is 217 g/mol. The summed E-state index contributed by atoms with van der Waals surface area (Å²) in [7, 11) is 0. The van der Waals surface area contributed by atoms with Crippen LogP contribution in [0.1, 0.15) is 25.8 Å². The van der Waals surface area contributed by atoms with E-state index in [-0.39, 0.29) is 5.91 Å². The van der Waals surface area contributed by atoms with Crippen LogP contribution < -0.4 is 5.32 Å². The number of benzene rings is 1. The lowest BCUT2D eigenvalue weighted by atomic mass is 10.1. The van der Waals surface area contributed by atoms with Gasteiger partial charge in [-0.15, -0.1) is 0 Å². The van der Waals surface area contributed by atoms with Gasteiger partial charge in [0.05, 0.1) is 5.69 Å². The highest BCUT2D eigenvalue weighted by atomic mass is 16.3. The largest absolute Gasteiger partial charge is 0.380 e. The van der Waals surface area contributed by atoms with E-state index in [9.17, 15) is 9.90 Å². The first-order valence-electron chi connectivity index (χ1n) is 5.19. The zero-order chi connectivity index (χ0) is 12.0. The molecule has 2 N–H and O–H groups in total. The lowest BCUT2D eigenvalue weighted by Gasteiger charge is -2.04. The Hall–Kier alpha value is -1.79. The van der Waals surface area contributed by atoms with E-state index in [4.69, 9.17) is 0 Å². The van der Waals surface area contributed by atoms with Gasteiger partial charge >= 0.3 is 0 Å². The molecule has 3 nitrogen and oxygen atoms in total. The van der Waals surface area contributed by atoms with Gasteiger partial charge in [-0.05, 0) is 18.6 Å². The van der Waals surface area contributed by atoms with Gasteiger partial charge in [0.25, 0.3) is 0 Å². The van der Waals surface area contributed by atoms with Gasteiger partial charge in [0.1, 0.15) is 6.10 Å². The second-order valence-electron chi connectivity index (χ2n) is 3.42. The van der Waals surface area contributed by atoms with Gasteiger partial charge < -0.3 is 10.4 Å². The third kappa shape index (κ3) is 3.76. The molecule has 3 heteroatoms. The molecule has 1 amide bonds. The van der Waals surface area contributed by atoms with Crippen LogP contribution in [0.5, 0.6) is 0 Å². The van der Waals surface area contributed by atoms with Crippen LogP contribution in [-0.2, 0) is 4.79 Å². The Balaban J connectivity index is 2.93. The molecule has 0 saturated heterocycles. The first kappa shape index (κ1) is 12.3. The molecule has 0 fully saturated rings. The van der Waals surface area contributed by atoms with E-state index in [1.807, 2.05) is 19.1 Å². The number of para-hydroxylation sites is 1.